The van der Waals surface area contributed by atoms with E-state index in [1.165, 1.54) is 18.2 Å². The van der Waals surface area contributed by atoms with Gasteiger partial charge in [-0.25, -0.2) is 14.2 Å². The molecule has 0 spiro atoms. The molecule has 4 nitrogen and oxygen atoms in total. The van der Waals surface area contributed by atoms with Crippen molar-refractivity contribution in [3.8, 4) is 0 Å². The third-order valence-corrected chi connectivity index (χ3v) is 2.62. The molecule has 0 aliphatic heterocycles. The number of aryl methyl sites for hydroxylation is 1. The summed E-state index contributed by atoms with van der Waals surface area (Å²) in [7, 11) is 0. The van der Waals surface area contributed by atoms with Crippen molar-refractivity contribution in [3.63, 3.8) is 0 Å². The van der Waals surface area contributed by atoms with Crippen LogP contribution in [0, 0.1) is 12.7 Å². The number of carbonyl (C=O) groups is 1. The van der Waals surface area contributed by atoms with Crippen LogP contribution in [0.1, 0.15) is 5.56 Å². The highest BCUT2D eigenvalue weighted by Gasteiger charge is 2.05. The topological polar surface area (TPSA) is 54.0 Å². The Kier molecular flexibility index (Phi) is 3.97. The average Bonchev–Trinajstić information content (AvgIpc) is 2.37. The first-order valence-electron chi connectivity index (χ1n) is 5.50. The molecular weight excluding hydrogens is 269 g/mol. The molecule has 0 fully saturated rings. The highest BCUT2D eigenvalue weighted by atomic mass is 35.5. The molecule has 0 aliphatic rings. The Morgan fingerprint density at radius 2 is 2.05 bits per heavy atom. The van der Waals surface area contributed by atoms with Gasteiger partial charge in [0.25, 0.3) is 0 Å². The second kappa shape index (κ2) is 5.67. The van der Waals surface area contributed by atoms with Crippen molar-refractivity contribution in [2.75, 3.05) is 10.6 Å². The molecule has 98 valence electrons. The Morgan fingerprint density at radius 1 is 1.26 bits per heavy atom. The highest BCUT2D eigenvalue weighted by Crippen LogP contribution is 2.19. The van der Waals surface area contributed by atoms with E-state index in [2.05, 4.69) is 15.6 Å². The average molecular weight is 280 g/mol. The predicted octanol–water partition coefficient (Wildman–Crippen LogP) is 3.83. The maximum atomic E-state index is 13.0. The number of rotatable bonds is 2. The number of halogens is 2. The van der Waals surface area contributed by atoms with Crippen LogP contribution in [-0.4, -0.2) is 11.0 Å². The zero-order valence-electron chi connectivity index (χ0n) is 10.1. The first-order chi connectivity index (χ1) is 9.04. The number of hydrogen-bond donors (Lipinski definition) is 2. The molecule has 2 amide bonds. The lowest BCUT2D eigenvalue weighted by atomic mass is 10.3. The van der Waals surface area contributed by atoms with Gasteiger partial charge in [0.1, 0.15) is 11.6 Å². The molecule has 0 saturated carbocycles. The van der Waals surface area contributed by atoms with Crippen LogP contribution in [0.15, 0.2) is 36.5 Å². The molecule has 2 aromatic rings. The molecule has 1 aromatic heterocycles. The molecule has 1 heterocycles. The van der Waals surface area contributed by atoms with Crippen LogP contribution in [0.3, 0.4) is 0 Å². The summed E-state index contributed by atoms with van der Waals surface area (Å²) in [5.74, 6) is -0.107. The quantitative estimate of drug-likeness (QED) is 0.878. The van der Waals surface area contributed by atoms with Gasteiger partial charge in [0.2, 0.25) is 0 Å². The smallest absolute Gasteiger partial charge is 0.308 e. The SMILES string of the molecule is Cc1ccc(NC(=O)Nc2ccc(F)c(Cl)c2)nc1. The Bertz CT molecular complexity index is 601. The van der Waals surface area contributed by atoms with Gasteiger partial charge in [-0.1, -0.05) is 17.7 Å². The highest BCUT2D eigenvalue weighted by molar-refractivity contribution is 6.31. The van der Waals surface area contributed by atoms with Gasteiger partial charge in [-0.3, -0.25) is 5.32 Å². The van der Waals surface area contributed by atoms with Crippen LogP contribution in [0.2, 0.25) is 5.02 Å². The van der Waals surface area contributed by atoms with Gasteiger partial charge in [0, 0.05) is 11.9 Å². The van der Waals surface area contributed by atoms with Crippen molar-refractivity contribution >= 4 is 29.1 Å². The molecule has 1 aromatic carbocycles. The third kappa shape index (κ3) is 3.66. The minimum Gasteiger partial charge on any atom is -0.308 e. The maximum Gasteiger partial charge on any atom is 0.324 e. The van der Waals surface area contributed by atoms with E-state index < -0.39 is 11.8 Å². The van der Waals surface area contributed by atoms with Gasteiger partial charge >= 0.3 is 6.03 Å². The molecule has 0 unspecified atom stereocenters. The number of hydrogen-bond acceptors (Lipinski definition) is 2. The Hall–Kier alpha value is -2.14. The fraction of sp³-hybridized carbons (Fsp3) is 0.0769. The molecule has 6 heteroatoms. The number of pyridine rings is 1. The molecule has 0 saturated heterocycles. The minimum atomic E-state index is -0.534. The first kappa shape index (κ1) is 13.3. The number of aromatic nitrogens is 1. The van der Waals surface area contributed by atoms with Gasteiger partial charge in [0.05, 0.1) is 5.02 Å². The van der Waals surface area contributed by atoms with Crippen molar-refractivity contribution in [3.05, 3.63) is 52.9 Å². The van der Waals surface area contributed by atoms with Gasteiger partial charge in [-0.2, -0.15) is 0 Å². The normalized spacial score (nSPS) is 10.1. The maximum absolute atomic E-state index is 13.0. The van der Waals surface area contributed by atoms with E-state index in [-0.39, 0.29) is 5.02 Å². The fourth-order valence-electron chi connectivity index (χ4n) is 1.39. The number of nitrogens with zero attached hydrogens (tertiary/aromatic N) is 1. The summed E-state index contributed by atoms with van der Waals surface area (Å²) in [6.45, 7) is 1.90. The summed E-state index contributed by atoms with van der Waals surface area (Å²) in [5, 5.41) is 5.04. The van der Waals surface area contributed by atoms with Crippen LogP contribution in [0.25, 0.3) is 0 Å². The molecule has 19 heavy (non-hydrogen) atoms. The summed E-state index contributed by atoms with van der Waals surface area (Å²) in [6, 6.07) is 6.98. The van der Waals surface area contributed by atoms with Crippen molar-refractivity contribution < 1.29 is 9.18 Å². The number of amides is 2. The summed E-state index contributed by atoms with van der Waals surface area (Å²) in [5.41, 5.74) is 1.40. The Labute approximate surface area is 114 Å². The monoisotopic (exact) mass is 279 g/mol. The molecule has 2 rings (SSSR count). The fourth-order valence-corrected chi connectivity index (χ4v) is 1.57. The van der Waals surface area contributed by atoms with E-state index in [1.54, 1.807) is 12.3 Å². The van der Waals surface area contributed by atoms with E-state index >= 15 is 0 Å². The van der Waals surface area contributed by atoms with E-state index in [0.717, 1.165) is 5.56 Å². The van der Waals surface area contributed by atoms with Crippen molar-refractivity contribution in [2.24, 2.45) is 0 Å². The van der Waals surface area contributed by atoms with Crippen LogP contribution >= 0.6 is 11.6 Å². The summed E-state index contributed by atoms with van der Waals surface area (Å²) in [4.78, 5) is 15.7. The van der Waals surface area contributed by atoms with Crippen LogP contribution in [-0.2, 0) is 0 Å². The van der Waals surface area contributed by atoms with Gasteiger partial charge < -0.3 is 5.32 Å². The first-order valence-corrected chi connectivity index (χ1v) is 5.88. The van der Waals surface area contributed by atoms with E-state index in [1.807, 2.05) is 13.0 Å². The van der Waals surface area contributed by atoms with Crippen molar-refractivity contribution in [1.29, 1.82) is 0 Å². The minimum absolute atomic E-state index is 0.0498. The van der Waals surface area contributed by atoms with E-state index in [0.29, 0.717) is 11.5 Å². The molecule has 0 aliphatic carbocycles. The number of urea groups is 1. The number of nitrogens with one attached hydrogen (secondary N) is 2. The van der Waals surface area contributed by atoms with Crippen LogP contribution < -0.4 is 10.6 Å². The Balaban J connectivity index is 2.01. The molecule has 0 bridgehead atoms. The van der Waals surface area contributed by atoms with Gasteiger partial charge in [0.15, 0.2) is 0 Å². The van der Waals surface area contributed by atoms with E-state index in [4.69, 9.17) is 11.6 Å². The largest absolute Gasteiger partial charge is 0.324 e. The standard InChI is InChI=1S/C13H11ClFN3O/c1-8-2-5-12(16-7-8)18-13(19)17-9-3-4-11(15)10(14)6-9/h2-7H,1H3,(H2,16,17,18,19). The lowest BCUT2D eigenvalue weighted by molar-refractivity contribution is 0.262. The second-order valence-corrected chi connectivity index (χ2v) is 4.34. The lowest BCUT2D eigenvalue weighted by Gasteiger charge is -2.07. The number of anilines is 2. The van der Waals surface area contributed by atoms with Crippen LogP contribution in [0.4, 0.5) is 20.7 Å². The zero-order chi connectivity index (χ0) is 13.8. The third-order valence-electron chi connectivity index (χ3n) is 2.33. The van der Waals surface area contributed by atoms with Crippen molar-refractivity contribution in [1.82, 2.24) is 4.98 Å². The summed E-state index contributed by atoms with van der Waals surface area (Å²) < 4.78 is 13.0. The lowest BCUT2D eigenvalue weighted by Crippen LogP contribution is -2.20. The van der Waals surface area contributed by atoms with E-state index in [9.17, 15) is 9.18 Å². The molecular formula is C13H11ClFN3O. The van der Waals surface area contributed by atoms with Gasteiger partial charge in [-0.15, -0.1) is 0 Å². The van der Waals surface area contributed by atoms with Crippen LogP contribution in [0.5, 0.6) is 0 Å². The number of carbonyl (C=O) groups excluding carboxylic acids is 1. The molecule has 0 radical (unpaired) electrons. The Morgan fingerprint density at radius 3 is 2.68 bits per heavy atom. The van der Waals surface area contributed by atoms with Crippen molar-refractivity contribution in [2.45, 2.75) is 6.92 Å². The second-order valence-electron chi connectivity index (χ2n) is 3.93. The summed E-state index contributed by atoms with van der Waals surface area (Å²) in [6.07, 6.45) is 1.64. The predicted molar refractivity (Wildman–Crippen MR) is 73.0 cm³/mol. The molecule has 0 atom stereocenters. The number of benzene rings is 1. The zero-order valence-corrected chi connectivity index (χ0v) is 10.8. The summed E-state index contributed by atoms with van der Waals surface area (Å²) >= 11 is 5.62. The van der Waals surface area contributed by atoms with Gasteiger partial charge in [-0.05, 0) is 36.8 Å². The molecule has 2 N–H and O–H groups in total.